The fraction of sp³-hybridized carbons (Fsp3) is 0.615. The number of nitrogens with two attached hydrogens (primary N) is 1. The van der Waals surface area contributed by atoms with Crippen LogP contribution in [-0.2, 0) is 0 Å². The van der Waals surface area contributed by atoms with Crippen LogP contribution in [-0.4, -0.2) is 24.2 Å². The molecule has 3 nitrogen and oxygen atoms in total. The van der Waals surface area contributed by atoms with Gasteiger partial charge in [-0.1, -0.05) is 0 Å². The molecule has 2 unspecified atom stereocenters. The van der Waals surface area contributed by atoms with E-state index in [9.17, 15) is 13.2 Å². The number of nitrogens with zero attached hydrogens (tertiary/aromatic N) is 2. The van der Waals surface area contributed by atoms with E-state index in [1.54, 1.807) is 23.2 Å². The van der Waals surface area contributed by atoms with Gasteiger partial charge in [-0.05, 0) is 37.5 Å². The van der Waals surface area contributed by atoms with Crippen LogP contribution < -0.4 is 10.6 Å². The van der Waals surface area contributed by atoms with Crippen molar-refractivity contribution in [1.82, 2.24) is 4.98 Å². The van der Waals surface area contributed by atoms with Gasteiger partial charge in [0, 0.05) is 25.3 Å². The standard InChI is InChI=1S/C13H18F3N3/c1-9(17)10-4-5-18-12(7-10)19-6-2-3-11(8-19)13(14,15)16/h4-5,7,9,11H,2-3,6,8,17H2,1H3. The molecule has 1 aliphatic rings. The summed E-state index contributed by atoms with van der Waals surface area (Å²) >= 11 is 0. The average molecular weight is 273 g/mol. The average Bonchev–Trinajstić information content (AvgIpc) is 2.38. The molecule has 1 saturated heterocycles. The number of piperidine rings is 1. The molecule has 1 aromatic rings. The minimum Gasteiger partial charge on any atom is -0.356 e. The summed E-state index contributed by atoms with van der Waals surface area (Å²) in [6.45, 7) is 2.44. The van der Waals surface area contributed by atoms with Crippen molar-refractivity contribution in [3.8, 4) is 0 Å². The minimum atomic E-state index is -4.13. The maximum Gasteiger partial charge on any atom is 0.393 e. The van der Waals surface area contributed by atoms with Crippen molar-refractivity contribution in [3.63, 3.8) is 0 Å². The van der Waals surface area contributed by atoms with Crippen LogP contribution in [0.15, 0.2) is 18.3 Å². The molecule has 0 bridgehead atoms. The van der Waals surface area contributed by atoms with Gasteiger partial charge in [0.15, 0.2) is 0 Å². The second-order valence-electron chi connectivity index (χ2n) is 5.06. The monoisotopic (exact) mass is 273 g/mol. The van der Waals surface area contributed by atoms with Crippen LogP contribution in [0.3, 0.4) is 0 Å². The smallest absolute Gasteiger partial charge is 0.356 e. The molecule has 0 aromatic carbocycles. The van der Waals surface area contributed by atoms with Gasteiger partial charge in [0.25, 0.3) is 0 Å². The van der Waals surface area contributed by atoms with E-state index in [1.807, 2.05) is 6.92 Å². The zero-order valence-corrected chi connectivity index (χ0v) is 10.8. The molecule has 0 spiro atoms. The van der Waals surface area contributed by atoms with Crippen LogP contribution in [0, 0.1) is 5.92 Å². The second kappa shape index (κ2) is 5.36. The molecule has 1 aliphatic heterocycles. The molecule has 106 valence electrons. The van der Waals surface area contributed by atoms with Crippen LogP contribution >= 0.6 is 0 Å². The number of rotatable bonds is 2. The van der Waals surface area contributed by atoms with Crippen LogP contribution in [0.25, 0.3) is 0 Å². The van der Waals surface area contributed by atoms with Crippen LogP contribution in [0.2, 0.25) is 0 Å². The van der Waals surface area contributed by atoms with Crippen LogP contribution in [0.4, 0.5) is 19.0 Å². The topological polar surface area (TPSA) is 42.1 Å². The highest BCUT2D eigenvalue weighted by atomic mass is 19.4. The predicted molar refractivity (Wildman–Crippen MR) is 67.8 cm³/mol. The zero-order chi connectivity index (χ0) is 14.0. The molecule has 0 saturated carbocycles. The Hall–Kier alpha value is -1.30. The second-order valence-corrected chi connectivity index (χ2v) is 5.06. The lowest BCUT2D eigenvalue weighted by Gasteiger charge is -2.34. The number of hydrogen-bond acceptors (Lipinski definition) is 3. The Morgan fingerprint density at radius 3 is 2.84 bits per heavy atom. The molecule has 1 aromatic heterocycles. The summed E-state index contributed by atoms with van der Waals surface area (Å²) < 4.78 is 38.3. The SMILES string of the molecule is CC(N)c1ccnc(N2CCCC(C(F)(F)F)C2)c1. The van der Waals surface area contributed by atoms with Crippen molar-refractivity contribution in [2.75, 3.05) is 18.0 Å². The Morgan fingerprint density at radius 1 is 1.47 bits per heavy atom. The van der Waals surface area contributed by atoms with Crippen molar-refractivity contribution < 1.29 is 13.2 Å². The summed E-state index contributed by atoms with van der Waals surface area (Å²) in [7, 11) is 0. The lowest BCUT2D eigenvalue weighted by molar-refractivity contribution is -0.176. The Morgan fingerprint density at radius 2 is 2.21 bits per heavy atom. The summed E-state index contributed by atoms with van der Waals surface area (Å²) in [6, 6.07) is 3.42. The van der Waals surface area contributed by atoms with E-state index in [2.05, 4.69) is 4.98 Å². The lowest BCUT2D eigenvalue weighted by atomic mass is 9.97. The lowest BCUT2D eigenvalue weighted by Crippen LogP contribution is -2.42. The number of hydrogen-bond donors (Lipinski definition) is 1. The first-order valence-electron chi connectivity index (χ1n) is 6.41. The van der Waals surface area contributed by atoms with Crippen LogP contribution in [0.1, 0.15) is 31.4 Å². The molecule has 0 radical (unpaired) electrons. The third kappa shape index (κ3) is 3.37. The first kappa shape index (κ1) is 14.1. The van der Waals surface area contributed by atoms with E-state index in [0.717, 1.165) is 5.56 Å². The van der Waals surface area contributed by atoms with E-state index in [-0.39, 0.29) is 19.0 Å². The van der Waals surface area contributed by atoms with Gasteiger partial charge in [0.1, 0.15) is 5.82 Å². The number of pyridine rings is 1. The first-order chi connectivity index (χ1) is 8.88. The number of halogens is 3. The fourth-order valence-corrected chi connectivity index (χ4v) is 2.34. The molecular weight excluding hydrogens is 255 g/mol. The maximum atomic E-state index is 12.8. The normalized spacial score (nSPS) is 22.4. The van der Waals surface area contributed by atoms with E-state index in [0.29, 0.717) is 18.8 Å². The summed E-state index contributed by atoms with van der Waals surface area (Å²) in [5.74, 6) is -0.675. The molecule has 2 heterocycles. The summed E-state index contributed by atoms with van der Waals surface area (Å²) in [5, 5.41) is 0. The van der Waals surface area contributed by atoms with Gasteiger partial charge < -0.3 is 10.6 Å². The highest BCUT2D eigenvalue weighted by Gasteiger charge is 2.42. The van der Waals surface area contributed by atoms with E-state index < -0.39 is 12.1 Å². The highest BCUT2D eigenvalue weighted by molar-refractivity contribution is 5.42. The van der Waals surface area contributed by atoms with Crippen molar-refractivity contribution in [2.24, 2.45) is 11.7 Å². The van der Waals surface area contributed by atoms with Crippen molar-refractivity contribution in [2.45, 2.75) is 32.0 Å². The van der Waals surface area contributed by atoms with Gasteiger partial charge in [-0.25, -0.2) is 4.98 Å². The van der Waals surface area contributed by atoms with Crippen molar-refractivity contribution in [1.29, 1.82) is 0 Å². The number of anilines is 1. The van der Waals surface area contributed by atoms with Crippen LogP contribution in [0.5, 0.6) is 0 Å². The predicted octanol–water partition coefficient (Wildman–Crippen LogP) is 2.88. The van der Waals surface area contributed by atoms with E-state index in [1.165, 1.54) is 0 Å². The zero-order valence-electron chi connectivity index (χ0n) is 10.8. The minimum absolute atomic E-state index is 0.0150. The molecular formula is C13H18F3N3. The number of aromatic nitrogens is 1. The molecule has 2 rings (SSSR count). The maximum absolute atomic E-state index is 12.8. The fourth-order valence-electron chi connectivity index (χ4n) is 2.34. The van der Waals surface area contributed by atoms with Crippen molar-refractivity contribution >= 4 is 5.82 Å². The molecule has 2 atom stereocenters. The third-order valence-electron chi connectivity index (χ3n) is 3.50. The third-order valence-corrected chi connectivity index (χ3v) is 3.50. The first-order valence-corrected chi connectivity index (χ1v) is 6.41. The van der Waals surface area contributed by atoms with Gasteiger partial charge in [-0.15, -0.1) is 0 Å². The van der Waals surface area contributed by atoms with Gasteiger partial charge in [0.05, 0.1) is 5.92 Å². The number of alkyl halides is 3. The Kier molecular flexibility index (Phi) is 3.99. The molecule has 1 fully saturated rings. The highest BCUT2D eigenvalue weighted by Crippen LogP contribution is 2.34. The van der Waals surface area contributed by atoms with Gasteiger partial charge in [0.2, 0.25) is 0 Å². The molecule has 2 N–H and O–H groups in total. The summed E-state index contributed by atoms with van der Waals surface area (Å²) in [5.41, 5.74) is 6.67. The molecule has 0 aliphatic carbocycles. The molecule has 6 heteroatoms. The van der Waals surface area contributed by atoms with Gasteiger partial charge in [-0.3, -0.25) is 0 Å². The van der Waals surface area contributed by atoms with E-state index in [4.69, 9.17) is 5.73 Å². The van der Waals surface area contributed by atoms with Gasteiger partial charge in [-0.2, -0.15) is 13.2 Å². The Balaban J connectivity index is 2.15. The quantitative estimate of drug-likeness (QED) is 0.901. The van der Waals surface area contributed by atoms with Crippen molar-refractivity contribution in [3.05, 3.63) is 23.9 Å². The largest absolute Gasteiger partial charge is 0.393 e. The molecule has 0 amide bonds. The van der Waals surface area contributed by atoms with E-state index >= 15 is 0 Å². The molecule has 19 heavy (non-hydrogen) atoms. The Bertz CT molecular complexity index is 431. The summed E-state index contributed by atoms with van der Waals surface area (Å²) in [6.07, 6.45) is -1.79. The Labute approximate surface area is 110 Å². The van der Waals surface area contributed by atoms with Gasteiger partial charge >= 0.3 is 6.18 Å². The summed E-state index contributed by atoms with van der Waals surface area (Å²) in [4.78, 5) is 5.87.